The van der Waals surface area contributed by atoms with Gasteiger partial charge in [-0.25, -0.2) is 0 Å². The molecule has 0 saturated carbocycles. The summed E-state index contributed by atoms with van der Waals surface area (Å²) in [6, 6.07) is 0.231. The van der Waals surface area contributed by atoms with E-state index in [2.05, 4.69) is 6.92 Å². The third kappa shape index (κ3) is 87.1. The van der Waals surface area contributed by atoms with Gasteiger partial charge in [0.1, 0.15) is 0 Å². The van der Waals surface area contributed by atoms with E-state index in [9.17, 15) is 0 Å². The Hall–Kier alpha value is -1.67. The second kappa shape index (κ2) is 30.1. The van der Waals surface area contributed by atoms with Crippen molar-refractivity contribution < 1.29 is 29.7 Å². The fraction of sp³-hybridized carbons (Fsp3) is 0.850. The highest BCUT2D eigenvalue weighted by atomic mass is 16.4. The van der Waals surface area contributed by atoms with Crippen LogP contribution >= 0.6 is 0 Å². The lowest BCUT2D eigenvalue weighted by Crippen LogP contribution is -2.29. The van der Waals surface area contributed by atoms with Gasteiger partial charge in [0.2, 0.25) is 0 Å². The monoisotopic (exact) mass is 408 g/mol. The molecule has 1 atom stereocenters. The minimum absolute atomic E-state index is 0.231. The lowest BCUT2D eigenvalue weighted by molar-refractivity contribution is -0.135. The van der Waals surface area contributed by atoms with E-state index < -0.39 is 17.9 Å². The predicted octanol–water partition coefficient (Wildman–Crippen LogP) is 3.86. The normalized spacial score (nSPS) is 10.1. The third-order valence-electron chi connectivity index (χ3n) is 3.23. The zero-order chi connectivity index (χ0) is 22.8. The van der Waals surface area contributed by atoms with Crippen LogP contribution in [0.3, 0.4) is 0 Å². The molecule has 0 fully saturated rings. The largest absolute Gasteiger partial charge is 0.481 e. The predicted molar refractivity (Wildman–Crippen MR) is 113 cm³/mol. The molecule has 0 aromatic heterocycles. The molecule has 0 bridgehead atoms. The van der Waals surface area contributed by atoms with Crippen LogP contribution in [-0.2, 0) is 14.4 Å². The number of aliphatic carboxylic acids is 3. The van der Waals surface area contributed by atoms with Gasteiger partial charge in [-0.1, -0.05) is 71.1 Å². The van der Waals surface area contributed by atoms with Gasteiger partial charge in [0.25, 0.3) is 17.9 Å². The molecule has 0 radical (unpaired) electrons. The summed E-state index contributed by atoms with van der Waals surface area (Å²) in [5.74, 6) is -2.50. The van der Waals surface area contributed by atoms with Gasteiger partial charge in [0, 0.05) is 33.4 Å². The van der Waals surface area contributed by atoms with Crippen LogP contribution in [0.15, 0.2) is 0 Å². The number of hydrogen-bond acceptors (Lipinski definition) is 5. The summed E-state index contributed by atoms with van der Waals surface area (Å²) in [5, 5.41) is 22.2. The van der Waals surface area contributed by atoms with Gasteiger partial charge in [-0.05, 0) is 6.42 Å². The SMILES string of the molecule is CC(=O)O.CC(=O)O.CC(=O)O.CCCCCCCCCCCCC(N)CN. The van der Waals surface area contributed by atoms with E-state index in [4.69, 9.17) is 41.2 Å². The zero-order valence-corrected chi connectivity index (χ0v) is 18.3. The van der Waals surface area contributed by atoms with Crippen molar-refractivity contribution >= 4 is 17.9 Å². The molecule has 0 aliphatic heterocycles. The van der Waals surface area contributed by atoms with Crippen LogP contribution in [0.2, 0.25) is 0 Å². The number of carbonyl (C=O) groups is 3. The number of carboxylic acids is 3. The summed E-state index contributed by atoms with van der Waals surface area (Å²) in [6.07, 6.45) is 15.0. The Kier molecular flexibility index (Phi) is 36.4. The van der Waals surface area contributed by atoms with Gasteiger partial charge < -0.3 is 26.8 Å². The minimum Gasteiger partial charge on any atom is -0.481 e. The molecule has 28 heavy (non-hydrogen) atoms. The maximum atomic E-state index is 9.00. The summed E-state index contributed by atoms with van der Waals surface area (Å²) in [6.45, 7) is 6.16. The Morgan fingerprint density at radius 1 is 0.679 bits per heavy atom. The topological polar surface area (TPSA) is 164 Å². The molecule has 8 heteroatoms. The first-order valence-corrected chi connectivity index (χ1v) is 10.0. The van der Waals surface area contributed by atoms with Gasteiger partial charge in [0.15, 0.2) is 0 Å². The van der Waals surface area contributed by atoms with Crippen molar-refractivity contribution in [3.63, 3.8) is 0 Å². The van der Waals surface area contributed by atoms with Gasteiger partial charge in [0.05, 0.1) is 0 Å². The second-order valence-electron chi connectivity index (χ2n) is 6.52. The Labute approximate surface area is 170 Å². The quantitative estimate of drug-likeness (QED) is 0.304. The van der Waals surface area contributed by atoms with Crippen LogP contribution in [0.25, 0.3) is 0 Å². The molecular weight excluding hydrogens is 364 g/mol. The van der Waals surface area contributed by atoms with E-state index in [1.165, 1.54) is 64.2 Å². The Balaban J connectivity index is -0.000000195. The van der Waals surface area contributed by atoms with E-state index in [1.54, 1.807) is 0 Å². The van der Waals surface area contributed by atoms with Gasteiger partial charge >= 0.3 is 0 Å². The molecule has 8 nitrogen and oxygen atoms in total. The summed E-state index contributed by atoms with van der Waals surface area (Å²) in [4.78, 5) is 27.0. The summed E-state index contributed by atoms with van der Waals surface area (Å²) < 4.78 is 0. The fourth-order valence-corrected chi connectivity index (χ4v) is 2.01. The second-order valence-corrected chi connectivity index (χ2v) is 6.52. The lowest BCUT2D eigenvalue weighted by Gasteiger charge is -2.07. The molecule has 170 valence electrons. The molecule has 0 saturated heterocycles. The smallest absolute Gasteiger partial charge is 0.300 e. The number of carboxylic acid groups (broad SMARTS) is 3. The van der Waals surface area contributed by atoms with E-state index in [0.717, 1.165) is 27.2 Å². The van der Waals surface area contributed by atoms with Crippen LogP contribution in [0.5, 0.6) is 0 Å². The van der Waals surface area contributed by atoms with E-state index in [0.29, 0.717) is 6.54 Å². The summed E-state index contributed by atoms with van der Waals surface area (Å²) >= 11 is 0. The number of unbranched alkanes of at least 4 members (excludes halogenated alkanes) is 9. The average Bonchev–Trinajstić information content (AvgIpc) is 2.54. The van der Waals surface area contributed by atoms with Crippen molar-refractivity contribution in [3.8, 4) is 0 Å². The van der Waals surface area contributed by atoms with Crippen molar-refractivity contribution in [2.45, 2.75) is 104 Å². The first-order chi connectivity index (χ1) is 13.0. The first-order valence-electron chi connectivity index (χ1n) is 10.0. The molecule has 7 N–H and O–H groups in total. The molecule has 0 aliphatic carbocycles. The highest BCUT2D eigenvalue weighted by Gasteiger charge is 1.98. The summed E-state index contributed by atoms with van der Waals surface area (Å²) in [5.41, 5.74) is 11.2. The van der Waals surface area contributed by atoms with Gasteiger partial charge in [-0.2, -0.15) is 0 Å². The van der Waals surface area contributed by atoms with Crippen LogP contribution in [0.4, 0.5) is 0 Å². The van der Waals surface area contributed by atoms with E-state index in [1.807, 2.05) is 0 Å². The Bertz CT molecular complexity index is 311. The minimum atomic E-state index is -0.833. The fourth-order valence-electron chi connectivity index (χ4n) is 2.01. The van der Waals surface area contributed by atoms with Gasteiger partial charge in [-0.3, -0.25) is 14.4 Å². The average molecular weight is 409 g/mol. The lowest BCUT2D eigenvalue weighted by atomic mass is 10.0. The highest BCUT2D eigenvalue weighted by Crippen LogP contribution is 2.11. The first kappa shape index (κ1) is 33.9. The Morgan fingerprint density at radius 3 is 1.18 bits per heavy atom. The van der Waals surface area contributed by atoms with Crippen molar-refractivity contribution in [1.29, 1.82) is 0 Å². The van der Waals surface area contributed by atoms with Crippen molar-refractivity contribution in [1.82, 2.24) is 0 Å². The number of rotatable bonds is 12. The molecule has 0 aromatic carbocycles. The highest BCUT2D eigenvalue weighted by molar-refractivity contribution is 5.63. The third-order valence-corrected chi connectivity index (χ3v) is 3.23. The molecular formula is C20H44N2O6. The van der Waals surface area contributed by atoms with Crippen LogP contribution in [0, 0.1) is 0 Å². The maximum Gasteiger partial charge on any atom is 0.300 e. The van der Waals surface area contributed by atoms with Crippen molar-refractivity contribution in [3.05, 3.63) is 0 Å². The van der Waals surface area contributed by atoms with Crippen LogP contribution in [-0.4, -0.2) is 45.8 Å². The Morgan fingerprint density at radius 2 is 0.929 bits per heavy atom. The molecule has 0 amide bonds. The standard InChI is InChI=1S/C14H32N2.3C2H4O2/c1-2-3-4-5-6-7-8-9-10-11-12-14(16)13-15;3*1-2(3)4/h14H,2-13,15-16H2,1H3;3*1H3,(H,3,4). The molecule has 0 heterocycles. The molecule has 0 spiro atoms. The number of nitrogens with two attached hydrogens (primary N) is 2. The van der Waals surface area contributed by atoms with Crippen molar-refractivity contribution in [2.75, 3.05) is 6.54 Å². The van der Waals surface area contributed by atoms with E-state index in [-0.39, 0.29) is 6.04 Å². The van der Waals surface area contributed by atoms with Gasteiger partial charge in [-0.15, -0.1) is 0 Å². The van der Waals surface area contributed by atoms with E-state index >= 15 is 0 Å². The molecule has 0 aliphatic rings. The van der Waals surface area contributed by atoms with Crippen molar-refractivity contribution in [2.24, 2.45) is 11.5 Å². The summed E-state index contributed by atoms with van der Waals surface area (Å²) in [7, 11) is 0. The molecule has 1 unspecified atom stereocenters. The van der Waals surface area contributed by atoms with Crippen LogP contribution < -0.4 is 11.5 Å². The molecule has 0 aromatic rings. The van der Waals surface area contributed by atoms with Crippen LogP contribution in [0.1, 0.15) is 98.3 Å². The number of hydrogen-bond donors (Lipinski definition) is 5. The zero-order valence-electron chi connectivity index (χ0n) is 18.3. The maximum absolute atomic E-state index is 9.00. The molecule has 0 rings (SSSR count).